The maximum atomic E-state index is 6.70. The van der Waals surface area contributed by atoms with E-state index in [0.29, 0.717) is 29.0 Å². The zero-order chi connectivity index (χ0) is 14.9. The lowest BCUT2D eigenvalue weighted by molar-refractivity contribution is 0.403. The van der Waals surface area contributed by atoms with Crippen LogP contribution in [0.5, 0.6) is 0 Å². The molecule has 2 aliphatic carbocycles. The quantitative estimate of drug-likeness (QED) is 0.598. The molecule has 2 aromatic carbocycles. The Kier molecular flexibility index (Phi) is 3.96. The van der Waals surface area contributed by atoms with Gasteiger partial charge >= 0.3 is 0 Å². The standard InChI is InChI=1S/C21H23Cl/c22-21-19-14-17(15-8-3-1-4-9-15)12-7-13-18(20(19)21)16-10-5-2-6-11-16/h1-6,8-11,17-21H,7,12-14H2/t17-,18-,19+,20?,21?/m1/s1. The van der Waals surface area contributed by atoms with Gasteiger partial charge in [-0.2, -0.15) is 0 Å². The second-order valence-corrected chi connectivity index (χ2v) is 7.48. The predicted molar refractivity (Wildman–Crippen MR) is 93.5 cm³/mol. The van der Waals surface area contributed by atoms with Crippen molar-refractivity contribution >= 4 is 11.6 Å². The molecule has 2 saturated carbocycles. The minimum Gasteiger partial charge on any atom is -0.122 e. The van der Waals surface area contributed by atoms with Gasteiger partial charge in [-0.3, -0.25) is 0 Å². The largest absolute Gasteiger partial charge is 0.122 e. The van der Waals surface area contributed by atoms with Gasteiger partial charge in [0.2, 0.25) is 0 Å². The van der Waals surface area contributed by atoms with Crippen LogP contribution in [0.1, 0.15) is 48.6 Å². The fraction of sp³-hybridized carbons (Fsp3) is 0.429. The minimum absolute atomic E-state index is 0.384. The van der Waals surface area contributed by atoms with E-state index in [2.05, 4.69) is 60.7 Å². The molecule has 22 heavy (non-hydrogen) atoms. The average Bonchev–Trinajstić information content (AvgIpc) is 3.17. The van der Waals surface area contributed by atoms with Crippen molar-refractivity contribution < 1.29 is 0 Å². The highest BCUT2D eigenvalue weighted by molar-refractivity contribution is 6.23. The molecular formula is C21H23Cl. The molecule has 0 spiro atoms. The van der Waals surface area contributed by atoms with Gasteiger partial charge in [0.1, 0.15) is 0 Å². The van der Waals surface area contributed by atoms with Gasteiger partial charge in [-0.15, -0.1) is 11.6 Å². The monoisotopic (exact) mass is 310 g/mol. The predicted octanol–water partition coefficient (Wildman–Crippen LogP) is 5.98. The number of fused-ring (bicyclic) bond motifs is 1. The van der Waals surface area contributed by atoms with Gasteiger partial charge < -0.3 is 0 Å². The van der Waals surface area contributed by atoms with Crippen molar-refractivity contribution in [1.82, 2.24) is 0 Å². The third-order valence-electron chi connectivity index (χ3n) is 5.72. The highest BCUT2D eigenvalue weighted by Crippen LogP contribution is 2.59. The lowest BCUT2D eigenvalue weighted by Gasteiger charge is -2.24. The number of halogens is 1. The molecule has 0 nitrogen and oxygen atoms in total. The third kappa shape index (κ3) is 2.70. The van der Waals surface area contributed by atoms with E-state index in [1.165, 1.54) is 36.8 Å². The summed E-state index contributed by atoms with van der Waals surface area (Å²) in [5.74, 6) is 2.77. The topological polar surface area (TPSA) is 0 Å². The molecule has 0 aromatic heterocycles. The van der Waals surface area contributed by atoms with E-state index in [4.69, 9.17) is 11.6 Å². The summed E-state index contributed by atoms with van der Waals surface area (Å²) in [5.41, 5.74) is 3.01. The highest BCUT2D eigenvalue weighted by atomic mass is 35.5. The molecule has 2 aliphatic rings. The molecule has 0 heterocycles. The van der Waals surface area contributed by atoms with Crippen LogP contribution in [0.25, 0.3) is 0 Å². The fourth-order valence-electron chi connectivity index (χ4n) is 4.50. The van der Waals surface area contributed by atoms with E-state index in [9.17, 15) is 0 Å². The van der Waals surface area contributed by atoms with Crippen molar-refractivity contribution in [3.05, 3.63) is 71.8 Å². The van der Waals surface area contributed by atoms with Gasteiger partial charge in [-0.1, -0.05) is 67.1 Å². The lowest BCUT2D eigenvalue weighted by atomic mass is 9.80. The number of benzene rings is 2. The van der Waals surface area contributed by atoms with Crippen LogP contribution in [0.15, 0.2) is 60.7 Å². The van der Waals surface area contributed by atoms with Crippen molar-refractivity contribution in [3.8, 4) is 0 Å². The van der Waals surface area contributed by atoms with E-state index < -0.39 is 0 Å². The molecule has 0 saturated heterocycles. The summed E-state index contributed by atoms with van der Waals surface area (Å²) in [6, 6.07) is 22.1. The van der Waals surface area contributed by atoms with Crippen LogP contribution in [0.4, 0.5) is 0 Å². The van der Waals surface area contributed by atoms with E-state index >= 15 is 0 Å². The molecule has 114 valence electrons. The van der Waals surface area contributed by atoms with Crippen LogP contribution in [0.2, 0.25) is 0 Å². The van der Waals surface area contributed by atoms with E-state index in [1.54, 1.807) is 0 Å². The van der Waals surface area contributed by atoms with Crippen LogP contribution in [-0.4, -0.2) is 5.38 Å². The van der Waals surface area contributed by atoms with Crippen LogP contribution >= 0.6 is 11.6 Å². The van der Waals surface area contributed by atoms with Crippen molar-refractivity contribution in [1.29, 1.82) is 0 Å². The Hall–Kier alpha value is -1.27. The Morgan fingerprint density at radius 3 is 2.09 bits per heavy atom. The Morgan fingerprint density at radius 2 is 1.41 bits per heavy atom. The van der Waals surface area contributed by atoms with E-state index in [1.807, 2.05) is 0 Å². The molecule has 4 rings (SSSR count). The summed E-state index contributed by atoms with van der Waals surface area (Å²) < 4.78 is 0. The molecule has 2 fully saturated rings. The molecule has 2 unspecified atom stereocenters. The van der Waals surface area contributed by atoms with Gasteiger partial charge in [0.25, 0.3) is 0 Å². The average molecular weight is 311 g/mol. The van der Waals surface area contributed by atoms with Crippen LogP contribution in [0.3, 0.4) is 0 Å². The Labute approximate surface area is 138 Å². The molecule has 0 N–H and O–H groups in total. The first-order chi connectivity index (χ1) is 10.8. The van der Waals surface area contributed by atoms with Gasteiger partial charge in [0.15, 0.2) is 0 Å². The molecule has 0 radical (unpaired) electrons. The van der Waals surface area contributed by atoms with Crippen LogP contribution in [0, 0.1) is 11.8 Å². The second kappa shape index (κ2) is 6.08. The summed E-state index contributed by atoms with van der Waals surface area (Å²) in [7, 11) is 0. The summed E-state index contributed by atoms with van der Waals surface area (Å²) >= 11 is 6.70. The Balaban J connectivity index is 1.54. The maximum Gasteiger partial charge on any atom is 0.0405 e. The van der Waals surface area contributed by atoms with Crippen molar-refractivity contribution in [2.45, 2.75) is 42.9 Å². The number of hydrogen-bond donors (Lipinski definition) is 0. The summed E-state index contributed by atoms with van der Waals surface area (Å²) in [6.45, 7) is 0. The molecule has 0 aliphatic heterocycles. The smallest absolute Gasteiger partial charge is 0.0405 e. The first kappa shape index (κ1) is 14.3. The number of alkyl halides is 1. The number of rotatable bonds is 2. The van der Waals surface area contributed by atoms with Crippen LogP contribution < -0.4 is 0 Å². The van der Waals surface area contributed by atoms with E-state index in [0.717, 1.165) is 0 Å². The molecular weight excluding hydrogens is 288 g/mol. The van der Waals surface area contributed by atoms with Gasteiger partial charge in [-0.25, -0.2) is 0 Å². The Morgan fingerprint density at radius 1 is 0.773 bits per heavy atom. The number of hydrogen-bond acceptors (Lipinski definition) is 0. The van der Waals surface area contributed by atoms with Gasteiger partial charge in [-0.05, 0) is 54.1 Å². The van der Waals surface area contributed by atoms with Crippen LogP contribution in [-0.2, 0) is 0 Å². The maximum absolute atomic E-state index is 6.70. The first-order valence-corrected chi connectivity index (χ1v) is 9.02. The molecule has 0 amide bonds. The molecule has 5 atom stereocenters. The fourth-order valence-corrected chi connectivity index (χ4v) is 5.05. The normalized spacial score (nSPS) is 34.3. The third-order valence-corrected chi connectivity index (χ3v) is 6.33. The zero-order valence-electron chi connectivity index (χ0n) is 12.9. The summed E-state index contributed by atoms with van der Waals surface area (Å²) in [5, 5.41) is 0.384. The second-order valence-electron chi connectivity index (χ2n) is 6.98. The van der Waals surface area contributed by atoms with E-state index in [-0.39, 0.29) is 0 Å². The van der Waals surface area contributed by atoms with Crippen molar-refractivity contribution in [3.63, 3.8) is 0 Å². The van der Waals surface area contributed by atoms with Crippen molar-refractivity contribution in [2.75, 3.05) is 0 Å². The van der Waals surface area contributed by atoms with Gasteiger partial charge in [0.05, 0.1) is 0 Å². The summed E-state index contributed by atoms with van der Waals surface area (Å²) in [6.07, 6.45) is 5.18. The zero-order valence-corrected chi connectivity index (χ0v) is 13.6. The Bertz CT molecular complexity index is 606. The highest BCUT2D eigenvalue weighted by Gasteiger charge is 2.54. The van der Waals surface area contributed by atoms with Gasteiger partial charge in [0, 0.05) is 5.38 Å². The first-order valence-electron chi connectivity index (χ1n) is 8.58. The minimum atomic E-state index is 0.384. The molecule has 0 bridgehead atoms. The SMILES string of the molecule is ClC1C2[C@@H]1C[C@H](c1ccccc1)CCC[C@@H]2c1ccccc1. The van der Waals surface area contributed by atoms with Crippen molar-refractivity contribution in [2.24, 2.45) is 11.8 Å². The molecule has 1 heteroatoms. The molecule has 2 aromatic rings. The lowest BCUT2D eigenvalue weighted by Crippen LogP contribution is -2.10. The summed E-state index contributed by atoms with van der Waals surface area (Å²) in [4.78, 5) is 0.